The first-order valence-corrected chi connectivity index (χ1v) is 6.81. The summed E-state index contributed by atoms with van der Waals surface area (Å²) in [5.74, 6) is 1.01. The summed E-state index contributed by atoms with van der Waals surface area (Å²) >= 11 is 0. The number of anilines is 1. The number of nitrogens with one attached hydrogen (secondary N) is 1. The summed E-state index contributed by atoms with van der Waals surface area (Å²) in [4.78, 5) is 11.8. The number of amides is 1. The summed E-state index contributed by atoms with van der Waals surface area (Å²) in [6, 6.07) is 7.31. The SMILES string of the molecule is CCCOc1cccc(NC(=O)CC(N)C(C)C)c1. The minimum Gasteiger partial charge on any atom is -0.494 e. The van der Waals surface area contributed by atoms with Crippen molar-refractivity contribution in [3.05, 3.63) is 24.3 Å². The molecule has 0 saturated carbocycles. The minimum absolute atomic E-state index is 0.0613. The van der Waals surface area contributed by atoms with Crippen molar-refractivity contribution in [1.82, 2.24) is 0 Å². The van der Waals surface area contributed by atoms with Crippen LogP contribution in [-0.2, 0) is 4.79 Å². The van der Waals surface area contributed by atoms with E-state index in [0.29, 0.717) is 18.9 Å². The van der Waals surface area contributed by atoms with Crippen molar-refractivity contribution in [2.24, 2.45) is 11.7 Å². The minimum atomic E-state index is -0.112. The van der Waals surface area contributed by atoms with E-state index < -0.39 is 0 Å². The Kier molecular flexibility index (Phi) is 6.36. The van der Waals surface area contributed by atoms with Crippen LogP contribution in [-0.4, -0.2) is 18.6 Å². The third-order valence-corrected chi connectivity index (χ3v) is 2.87. The monoisotopic (exact) mass is 264 g/mol. The van der Waals surface area contributed by atoms with Crippen LogP contribution in [0.4, 0.5) is 5.69 Å². The lowest BCUT2D eigenvalue weighted by atomic mass is 10.0. The predicted molar refractivity (Wildman–Crippen MR) is 78.3 cm³/mol. The van der Waals surface area contributed by atoms with Crippen LogP contribution in [0.1, 0.15) is 33.6 Å². The van der Waals surface area contributed by atoms with Gasteiger partial charge in [0.05, 0.1) is 6.61 Å². The topological polar surface area (TPSA) is 64.3 Å². The second kappa shape index (κ2) is 7.79. The molecular weight excluding hydrogens is 240 g/mol. The van der Waals surface area contributed by atoms with Gasteiger partial charge in [0.2, 0.25) is 5.91 Å². The molecule has 1 rings (SSSR count). The van der Waals surface area contributed by atoms with E-state index in [9.17, 15) is 4.79 Å². The molecule has 4 heteroatoms. The smallest absolute Gasteiger partial charge is 0.225 e. The summed E-state index contributed by atoms with van der Waals surface area (Å²) in [6.45, 7) is 6.75. The van der Waals surface area contributed by atoms with Gasteiger partial charge in [-0.3, -0.25) is 4.79 Å². The van der Waals surface area contributed by atoms with E-state index in [2.05, 4.69) is 12.2 Å². The summed E-state index contributed by atoms with van der Waals surface area (Å²) in [6.07, 6.45) is 1.29. The molecule has 19 heavy (non-hydrogen) atoms. The molecular formula is C15H24N2O2. The van der Waals surface area contributed by atoms with Crippen molar-refractivity contribution in [1.29, 1.82) is 0 Å². The van der Waals surface area contributed by atoms with Gasteiger partial charge in [0, 0.05) is 24.2 Å². The molecule has 106 valence electrons. The third-order valence-electron chi connectivity index (χ3n) is 2.87. The number of ether oxygens (including phenoxy) is 1. The van der Waals surface area contributed by atoms with Crippen LogP contribution < -0.4 is 15.8 Å². The molecule has 3 N–H and O–H groups in total. The van der Waals surface area contributed by atoms with Gasteiger partial charge in [0.15, 0.2) is 0 Å². The Balaban J connectivity index is 2.54. The molecule has 1 aromatic carbocycles. The van der Waals surface area contributed by atoms with Crippen molar-refractivity contribution in [3.63, 3.8) is 0 Å². The van der Waals surface area contributed by atoms with Gasteiger partial charge in [-0.1, -0.05) is 26.8 Å². The number of nitrogens with two attached hydrogens (primary N) is 1. The largest absolute Gasteiger partial charge is 0.494 e. The van der Waals surface area contributed by atoms with Crippen LogP contribution in [0.25, 0.3) is 0 Å². The zero-order valence-electron chi connectivity index (χ0n) is 12.0. The molecule has 0 spiro atoms. The van der Waals surface area contributed by atoms with Crippen LogP contribution in [0.2, 0.25) is 0 Å². The molecule has 0 aromatic heterocycles. The fourth-order valence-corrected chi connectivity index (χ4v) is 1.55. The van der Waals surface area contributed by atoms with Crippen molar-refractivity contribution < 1.29 is 9.53 Å². The van der Waals surface area contributed by atoms with E-state index in [0.717, 1.165) is 17.9 Å². The number of hydrogen-bond acceptors (Lipinski definition) is 3. The zero-order chi connectivity index (χ0) is 14.3. The molecule has 0 aliphatic carbocycles. The highest BCUT2D eigenvalue weighted by atomic mass is 16.5. The molecule has 1 atom stereocenters. The van der Waals surface area contributed by atoms with Crippen molar-refractivity contribution in [3.8, 4) is 5.75 Å². The van der Waals surface area contributed by atoms with Gasteiger partial charge in [-0.2, -0.15) is 0 Å². The first-order chi connectivity index (χ1) is 9.02. The summed E-state index contributed by atoms with van der Waals surface area (Å²) in [7, 11) is 0. The van der Waals surface area contributed by atoms with Crippen LogP contribution >= 0.6 is 0 Å². The highest BCUT2D eigenvalue weighted by Crippen LogP contribution is 2.18. The normalized spacial score (nSPS) is 12.3. The van der Waals surface area contributed by atoms with Crippen LogP contribution in [0.15, 0.2) is 24.3 Å². The Morgan fingerprint density at radius 1 is 1.42 bits per heavy atom. The molecule has 4 nitrogen and oxygen atoms in total. The fraction of sp³-hybridized carbons (Fsp3) is 0.533. The summed E-state index contributed by atoms with van der Waals surface area (Å²) in [5.41, 5.74) is 6.63. The lowest BCUT2D eigenvalue weighted by Crippen LogP contribution is -2.31. The Bertz CT molecular complexity index is 405. The standard InChI is InChI=1S/C15H24N2O2/c1-4-8-19-13-7-5-6-12(9-13)17-15(18)10-14(16)11(2)3/h5-7,9,11,14H,4,8,10,16H2,1-3H3,(H,17,18). The van der Waals surface area contributed by atoms with E-state index >= 15 is 0 Å². The number of hydrogen-bond donors (Lipinski definition) is 2. The van der Waals surface area contributed by atoms with E-state index in [1.807, 2.05) is 38.1 Å². The molecule has 0 bridgehead atoms. The van der Waals surface area contributed by atoms with Gasteiger partial charge in [-0.25, -0.2) is 0 Å². The molecule has 1 aromatic rings. The molecule has 1 amide bonds. The molecule has 0 aliphatic rings. The number of carbonyl (C=O) groups excluding carboxylic acids is 1. The maximum absolute atomic E-state index is 11.8. The van der Waals surface area contributed by atoms with E-state index in [-0.39, 0.29) is 11.9 Å². The Hall–Kier alpha value is -1.55. The van der Waals surface area contributed by atoms with Crippen LogP contribution in [0.3, 0.4) is 0 Å². The van der Waals surface area contributed by atoms with Crippen molar-refractivity contribution in [2.45, 2.75) is 39.7 Å². The second-order valence-corrected chi connectivity index (χ2v) is 5.04. The van der Waals surface area contributed by atoms with Gasteiger partial charge in [-0.05, 0) is 24.5 Å². The van der Waals surface area contributed by atoms with Crippen LogP contribution in [0.5, 0.6) is 5.75 Å². The lowest BCUT2D eigenvalue weighted by molar-refractivity contribution is -0.116. The Labute approximate surface area is 115 Å². The first-order valence-electron chi connectivity index (χ1n) is 6.81. The Morgan fingerprint density at radius 2 is 2.16 bits per heavy atom. The van der Waals surface area contributed by atoms with E-state index in [4.69, 9.17) is 10.5 Å². The quantitative estimate of drug-likeness (QED) is 0.796. The molecule has 0 aliphatic heterocycles. The van der Waals surface area contributed by atoms with E-state index in [1.165, 1.54) is 0 Å². The number of benzene rings is 1. The summed E-state index contributed by atoms with van der Waals surface area (Å²) < 4.78 is 5.52. The van der Waals surface area contributed by atoms with Crippen molar-refractivity contribution >= 4 is 11.6 Å². The van der Waals surface area contributed by atoms with Crippen molar-refractivity contribution in [2.75, 3.05) is 11.9 Å². The average molecular weight is 264 g/mol. The first kappa shape index (κ1) is 15.5. The second-order valence-electron chi connectivity index (χ2n) is 5.04. The molecule has 0 fully saturated rings. The highest BCUT2D eigenvalue weighted by Gasteiger charge is 2.13. The third kappa shape index (κ3) is 5.75. The van der Waals surface area contributed by atoms with Gasteiger partial charge in [0.1, 0.15) is 5.75 Å². The maximum atomic E-state index is 11.8. The van der Waals surface area contributed by atoms with Gasteiger partial charge in [-0.15, -0.1) is 0 Å². The molecule has 1 unspecified atom stereocenters. The van der Waals surface area contributed by atoms with Gasteiger partial charge >= 0.3 is 0 Å². The zero-order valence-corrected chi connectivity index (χ0v) is 12.0. The Morgan fingerprint density at radius 3 is 2.79 bits per heavy atom. The maximum Gasteiger partial charge on any atom is 0.225 e. The highest BCUT2D eigenvalue weighted by molar-refractivity contribution is 5.91. The predicted octanol–water partition coefficient (Wildman–Crippen LogP) is 2.79. The number of carbonyl (C=O) groups is 1. The molecule has 0 saturated heterocycles. The number of rotatable bonds is 7. The molecule has 0 heterocycles. The lowest BCUT2D eigenvalue weighted by Gasteiger charge is -2.15. The average Bonchev–Trinajstić information content (AvgIpc) is 2.36. The molecule has 0 radical (unpaired) electrons. The van der Waals surface area contributed by atoms with Crippen LogP contribution in [0, 0.1) is 5.92 Å². The van der Waals surface area contributed by atoms with Gasteiger partial charge < -0.3 is 15.8 Å². The summed E-state index contributed by atoms with van der Waals surface area (Å²) in [5, 5.41) is 2.85. The van der Waals surface area contributed by atoms with E-state index in [1.54, 1.807) is 0 Å². The fourth-order valence-electron chi connectivity index (χ4n) is 1.55. The van der Waals surface area contributed by atoms with Gasteiger partial charge in [0.25, 0.3) is 0 Å².